The van der Waals surface area contributed by atoms with Gasteiger partial charge in [0, 0.05) is 17.7 Å². The first-order valence-corrected chi connectivity index (χ1v) is 7.37. The van der Waals surface area contributed by atoms with Crippen molar-refractivity contribution in [1.82, 2.24) is 10.3 Å². The highest BCUT2D eigenvalue weighted by Crippen LogP contribution is 2.21. The summed E-state index contributed by atoms with van der Waals surface area (Å²) in [4.78, 5) is 15.6. The lowest BCUT2D eigenvalue weighted by Crippen LogP contribution is -2.19. The Balaban J connectivity index is 1.83. The maximum Gasteiger partial charge on any atom is 0.244 e. The van der Waals surface area contributed by atoms with Gasteiger partial charge in [0.1, 0.15) is 5.01 Å². The van der Waals surface area contributed by atoms with Gasteiger partial charge < -0.3 is 5.32 Å². The molecule has 0 atom stereocenters. The van der Waals surface area contributed by atoms with Crippen LogP contribution in [-0.4, -0.2) is 10.9 Å². The number of carbonyl (C=O) groups is 1. The summed E-state index contributed by atoms with van der Waals surface area (Å²) in [6, 6.07) is 1.97. The average molecular weight is 329 g/mol. The summed E-state index contributed by atoms with van der Waals surface area (Å²) in [5, 5.41) is 7.55. The molecule has 0 bridgehead atoms. The molecule has 1 amide bonds. The third-order valence-corrected chi connectivity index (χ3v) is 4.21. The van der Waals surface area contributed by atoms with Crippen molar-refractivity contribution in [2.45, 2.75) is 6.54 Å². The third-order valence-electron chi connectivity index (χ3n) is 1.91. The van der Waals surface area contributed by atoms with Crippen molar-refractivity contribution >= 4 is 50.6 Å². The molecule has 6 heteroatoms. The number of hydrogen-bond acceptors (Lipinski definition) is 4. The van der Waals surface area contributed by atoms with Gasteiger partial charge in [-0.1, -0.05) is 0 Å². The van der Waals surface area contributed by atoms with Crippen molar-refractivity contribution in [3.05, 3.63) is 43.5 Å². The Kier molecular flexibility index (Phi) is 4.47. The second-order valence-electron chi connectivity index (χ2n) is 3.16. The van der Waals surface area contributed by atoms with Crippen molar-refractivity contribution in [3.8, 4) is 0 Å². The molecule has 0 unspecified atom stereocenters. The molecule has 3 nitrogen and oxygen atoms in total. The normalized spacial score (nSPS) is 10.9. The summed E-state index contributed by atoms with van der Waals surface area (Å²) in [5.41, 5.74) is 1.02. The summed E-state index contributed by atoms with van der Waals surface area (Å²) in [5.74, 6) is -0.109. The first-order valence-electron chi connectivity index (χ1n) is 4.82. The summed E-state index contributed by atoms with van der Waals surface area (Å²) >= 11 is 6.49. The predicted octanol–water partition coefficient (Wildman–Crippen LogP) is 3.30. The van der Waals surface area contributed by atoms with Crippen molar-refractivity contribution in [2.75, 3.05) is 0 Å². The lowest BCUT2D eigenvalue weighted by molar-refractivity contribution is -0.116. The van der Waals surface area contributed by atoms with Crippen LogP contribution in [0, 0.1) is 0 Å². The highest BCUT2D eigenvalue weighted by atomic mass is 79.9. The first kappa shape index (κ1) is 12.5. The number of hydrogen-bond donors (Lipinski definition) is 1. The van der Waals surface area contributed by atoms with Crippen molar-refractivity contribution < 1.29 is 4.79 Å². The number of thiophene rings is 1. The van der Waals surface area contributed by atoms with Crippen molar-refractivity contribution in [3.63, 3.8) is 0 Å². The van der Waals surface area contributed by atoms with E-state index < -0.39 is 0 Å². The Labute approximate surface area is 115 Å². The van der Waals surface area contributed by atoms with Gasteiger partial charge >= 0.3 is 0 Å². The Bertz CT molecular complexity index is 519. The molecule has 0 aromatic carbocycles. The van der Waals surface area contributed by atoms with E-state index >= 15 is 0 Å². The number of nitrogens with zero attached hydrogens (tertiary/aromatic N) is 1. The number of aromatic nitrogens is 1. The predicted molar refractivity (Wildman–Crippen MR) is 75.0 cm³/mol. The van der Waals surface area contributed by atoms with Gasteiger partial charge in [-0.15, -0.1) is 22.7 Å². The smallest absolute Gasteiger partial charge is 0.244 e. The second kappa shape index (κ2) is 6.09. The zero-order chi connectivity index (χ0) is 12.1. The average Bonchev–Trinajstić information content (AvgIpc) is 2.95. The number of halogens is 1. The lowest BCUT2D eigenvalue weighted by atomic mass is 10.3. The van der Waals surface area contributed by atoms with E-state index in [9.17, 15) is 4.79 Å². The summed E-state index contributed by atoms with van der Waals surface area (Å²) in [6.07, 6.45) is 5.05. The van der Waals surface area contributed by atoms with E-state index in [2.05, 4.69) is 26.2 Å². The number of amides is 1. The molecule has 88 valence electrons. The molecule has 0 radical (unpaired) electrons. The van der Waals surface area contributed by atoms with E-state index in [0.29, 0.717) is 6.54 Å². The van der Waals surface area contributed by atoms with E-state index in [1.54, 1.807) is 23.6 Å². The molecule has 2 aromatic rings. The Morgan fingerprint density at radius 2 is 2.41 bits per heavy atom. The number of thiazole rings is 1. The topological polar surface area (TPSA) is 42.0 Å². The van der Waals surface area contributed by atoms with Gasteiger partial charge in [0.15, 0.2) is 0 Å². The van der Waals surface area contributed by atoms with Gasteiger partial charge in [0.25, 0.3) is 0 Å². The summed E-state index contributed by atoms with van der Waals surface area (Å²) in [6.45, 7) is 0.480. The fraction of sp³-hybridized carbons (Fsp3) is 0.0909. The van der Waals surface area contributed by atoms with Crippen LogP contribution < -0.4 is 5.32 Å². The molecule has 17 heavy (non-hydrogen) atoms. The monoisotopic (exact) mass is 328 g/mol. The van der Waals surface area contributed by atoms with Crippen molar-refractivity contribution in [1.29, 1.82) is 0 Å². The molecule has 0 aliphatic carbocycles. The van der Waals surface area contributed by atoms with Crippen LogP contribution in [0.2, 0.25) is 0 Å². The van der Waals surface area contributed by atoms with Crippen LogP contribution in [0.25, 0.3) is 6.08 Å². The minimum Gasteiger partial charge on any atom is -0.346 e. The fourth-order valence-electron chi connectivity index (χ4n) is 1.14. The van der Waals surface area contributed by atoms with Gasteiger partial charge in [0.05, 0.1) is 10.3 Å². The molecule has 0 aliphatic heterocycles. The molecule has 2 heterocycles. The lowest BCUT2D eigenvalue weighted by Gasteiger charge is -1.97. The SMILES string of the molecule is O=C(C=Cc1csc(Br)c1)NCc1nccs1. The second-order valence-corrected chi connectivity index (χ2v) is 6.43. The third kappa shape index (κ3) is 4.07. The molecular formula is C11H9BrN2OS2. The Morgan fingerprint density at radius 1 is 1.53 bits per heavy atom. The Morgan fingerprint density at radius 3 is 3.06 bits per heavy atom. The van der Waals surface area contributed by atoms with Gasteiger partial charge in [-0.05, 0) is 39.0 Å². The number of carbonyl (C=O) groups excluding carboxylic acids is 1. The number of rotatable bonds is 4. The molecule has 0 fully saturated rings. The van der Waals surface area contributed by atoms with Gasteiger partial charge in [-0.2, -0.15) is 0 Å². The highest BCUT2D eigenvalue weighted by Gasteiger charge is 1.99. The van der Waals surface area contributed by atoms with Crippen LogP contribution in [0.3, 0.4) is 0 Å². The van der Waals surface area contributed by atoms with Gasteiger partial charge in [-0.25, -0.2) is 4.98 Å². The zero-order valence-corrected chi connectivity index (χ0v) is 11.9. The zero-order valence-electron chi connectivity index (χ0n) is 8.72. The fourth-order valence-corrected chi connectivity index (χ4v) is 2.84. The summed E-state index contributed by atoms with van der Waals surface area (Å²) in [7, 11) is 0. The van der Waals surface area contributed by atoms with Crippen LogP contribution in [0.1, 0.15) is 10.6 Å². The number of nitrogens with one attached hydrogen (secondary N) is 1. The van der Waals surface area contributed by atoms with Crippen LogP contribution in [0.4, 0.5) is 0 Å². The van der Waals surface area contributed by atoms with Gasteiger partial charge in [-0.3, -0.25) is 4.79 Å². The largest absolute Gasteiger partial charge is 0.346 e. The quantitative estimate of drug-likeness (QED) is 0.875. The van der Waals surface area contributed by atoms with Crippen LogP contribution >= 0.6 is 38.6 Å². The first-order chi connectivity index (χ1) is 8.24. The van der Waals surface area contributed by atoms with Crippen LogP contribution in [0.15, 0.2) is 32.9 Å². The molecule has 0 saturated heterocycles. The van der Waals surface area contributed by atoms with E-state index in [0.717, 1.165) is 14.4 Å². The maximum atomic E-state index is 11.5. The molecule has 0 spiro atoms. The minimum absolute atomic E-state index is 0.109. The van der Waals surface area contributed by atoms with E-state index in [-0.39, 0.29) is 5.91 Å². The van der Waals surface area contributed by atoms with E-state index in [1.165, 1.54) is 17.4 Å². The molecular weight excluding hydrogens is 320 g/mol. The van der Waals surface area contributed by atoms with E-state index in [1.807, 2.05) is 16.8 Å². The van der Waals surface area contributed by atoms with Gasteiger partial charge in [0.2, 0.25) is 5.91 Å². The minimum atomic E-state index is -0.109. The molecule has 1 N–H and O–H groups in total. The van der Waals surface area contributed by atoms with E-state index in [4.69, 9.17) is 0 Å². The highest BCUT2D eigenvalue weighted by molar-refractivity contribution is 9.11. The van der Waals surface area contributed by atoms with Crippen molar-refractivity contribution in [2.24, 2.45) is 0 Å². The van der Waals surface area contributed by atoms with Crippen LogP contribution in [-0.2, 0) is 11.3 Å². The van der Waals surface area contributed by atoms with Crippen LogP contribution in [0.5, 0.6) is 0 Å². The molecule has 0 saturated carbocycles. The Hall–Kier alpha value is -0.980. The molecule has 2 rings (SSSR count). The summed E-state index contributed by atoms with van der Waals surface area (Å²) < 4.78 is 1.06. The molecule has 0 aliphatic rings. The standard InChI is InChI=1S/C11H9BrN2OS2/c12-9-5-8(7-17-9)1-2-10(15)14-6-11-13-3-4-16-11/h1-5,7H,6H2,(H,14,15). The maximum absolute atomic E-state index is 11.5. The molecule has 2 aromatic heterocycles.